The van der Waals surface area contributed by atoms with Gasteiger partial charge in [0.05, 0.1) is 18.8 Å². The van der Waals surface area contributed by atoms with Crippen molar-refractivity contribution in [3.63, 3.8) is 0 Å². The smallest absolute Gasteiger partial charge is 0.327 e. The van der Waals surface area contributed by atoms with Crippen LogP contribution in [-0.2, 0) is 9.53 Å². The molecule has 0 N–H and O–H groups in total. The topological polar surface area (TPSA) is 78.9 Å². The number of nitrogens with zero attached hydrogens (tertiary/aromatic N) is 5. The van der Waals surface area contributed by atoms with E-state index >= 15 is 0 Å². The quantitative estimate of drug-likeness (QED) is 0.718. The van der Waals surface area contributed by atoms with Crippen LogP contribution < -0.4 is 4.90 Å². The number of rotatable bonds is 5. The van der Waals surface area contributed by atoms with E-state index in [-0.39, 0.29) is 18.0 Å². The summed E-state index contributed by atoms with van der Waals surface area (Å²) in [6.45, 7) is 7.22. The molecule has 3 saturated heterocycles. The Kier molecular flexibility index (Phi) is 5.23. The number of carbonyl (C=O) groups excluding carboxylic acids is 2. The van der Waals surface area contributed by atoms with Crippen molar-refractivity contribution < 1.29 is 14.3 Å². The minimum atomic E-state index is -0.737. The lowest BCUT2D eigenvalue weighted by atomic mass is 9.85. The summed E-state index contributed by atoms with van der Waals surface area (Å²) in [5, 5.41) is 0. The molecule has 4 rings (SSSR count). The average molecular weight is 387 g/mol. The molecule has 3 amide bonds. The lowest BCUT2D eigenvalue weighted by Crippen LogP contribution is -2.57. The van der Waals surface area contributed by atoms with Gasteiger partial charge >= 0.3 is 6.03 Å². The van der Waals surface area contributed by atoms with Gasteiger partial charge in [0.1, 0.15) is 11.4 Å². The van der Waals surface area contributed by atoms with E-state index in [1.54, 1.807) is 18.6 Å². The lowest BCUT2D eigenvalue weighted by molar-refractivity contribution is -0.135. The van der Waals surface area contributed by atoms with E-state index in [1.165, 1.54) is 4.90 Å². The first-order valence-corrected chi connectivity index (χ1v) is 10.3. The molecule has 0 aliphatic carbocycles. The highest BCUT2D eigenvalue weighted by molar-refractivity contribution is 6.07. The molecule has 1 spiro atoms. The molecule has 0 saturated carbocycles. The number of aromatic nitrogens is 2. The van der Waals surface area contributed by atoms with Crippen LogP contribution in [0.5, 0.6) is 0 Å². The van der Waals surface area contributed by atoms with Crippen molar-refractivity contribution in [3.8, 4) is 0 Å². The first kappa shape index (κ1) is 19.1. The molecule has 4 heterocycles. The maximum absolute atomic E-state index is 13.5. The predicted molar refractivity (Wildman–Crippen MR) is 104 cm³/mol. The molecule has 0 bridgehead atoms. The van der Waals surface area contributed by atoms with Crippen molar-refractivity contribution in [2.75, 3.05) is 37.7 Å². The highest BCUT2D eigenvalue weighted by atomic mass is 16.5. The zero-order chi connectivity index (χ0) is 19.7. The number of urea groups is 1. The van der Waals surface area contributed by atoms with Crippen LogP contribution in [0.1, 0.15) is 39.5 Å². The van der Waals surface area contributed by atoms with Crippen molar-refractivity contribution in [1.29, 1.82) is 0 Å². The number of hydrogen-bond donors (Lipinski definition) is 0. The number of anilines is 1. The SMILES string of the molecule is CC(C)CN1C(=O)N(CC2CCCO2)C(=O)C12CCN(c1cnccn1)CC2. The number of piperidine rings is 1. The van der Waals surface area contributed by atoms with Crippen LogP contribution in [0.15, 0.2) is 18.6 Å². The number of carbonyl (C=O) groups is 2. The van der Waals surface area contributed by atoms with E-state index in [0.29, 0.717) is 44.9 Å². The van der Waals surface area contributed by atoms with Crippen molar-refractivity contribution in [1.82, 2.24) is 19.8 Å². The van der Waals surface area contributed by atoms with Gasteiger partial charge in [-0.1, -0.05) is 13.8 Å². The fourth-order valence-electron chi connectivity index (χ4n) is 4.60. The normalized spacial score (nSPS) is 24.8. The molecular formula is C20H29N5O3. The first-order valence-electron chi connectivity index (χ1n) is 10.3. The summed E-state index contributed by atoms with van der Waals surface area (Å²) in [5.74, 6) is 1.07. The molecular weight excluding hydrogens is 358 g/mol. The number of hydrogen-bond acceptors (Lipinski definition) is 6. The van der Waals surface area contributed by atoms with Gasteiger partial charge in [-0.05, 0) is 31.6 Å². The van der Waals surface area contributed by atoms with Crippen LogP contribution in [-0.4, -0.2) is 76.1 Å². The maximum Gasteiger partial charge on any atom is 0.327 e. The molecule has 3 fully saturated rings. The molecule has 8 heteroatoms. The third-order valence-corrected chi connectivity index (χ3v) is 6.04. The Hall–Kier alpha value is -2.22. The Bertz CT molecular complexity index is 712. The van der Waals surface area contributed by atoms with E-state index in [4.69, 9.17) is 4.74 Å². The summed E-state index contributed by atoms with van der Waals surface area (Å²) in [7, 11) is 0. The van der Waals surface area contributed by atoms with Crippen LogP contribution >= 0.6 is 0 Å². The molecule has 152 valence electrons. The fourth-order valence-corrected chi connectivity index (χ4v) is 4.60. The summed E-state index contributed by atoms with van der Waals surface area (Å²) in [5.41, 5.74) is -0.737. The zero-order valence-electron chi connectivity index (χ0n) is 16.7. The minimum Gasteiger partial charge on any atom is -0.376 e. The summed E-state index contributed by atoms with van der Waals surface area (Å²) in [6, 6.07) is -0.151. The second-order valence-electron chi connectivity index (χ2n) is 8.42. The summed E-state index contributed by atoms with van der Waals surface area (Å²) < 4.78 is 5.69. The Morgan fingerprint density at radius 3 is 2.64 bits per heavy atom. The molecule has 28 heavy (non-hydrogen) atoms. The van der Waals surface area contributed by atoms with Crippen LogP contribution in [0.25, 0.3) is 0 Å². The molecule has 3 aliphatic rings. The number of ether oxygens (including phenoxy) is 1. The Morgan fingerprint density at radius 1 is 1.25 bits per heavy atom. The van der Waals surface area contributed by atoms with Gasteiger partial charge in [0.2, 0.25) is 0 Å². The molecule has 1 atom stereocenters. The van der Waals surface area contributed by atoms with Gasteiger partial charge in [-0.15, -0.1) is 0 Å². The molecule has 1 aromatic heterocycles. The van der Waals surface area contributed by atoms with Crippen molar-refractivity contribution in [3.05, 3.63) is 18.6 Å². The second kappa shape index (κ2) is 7.66. The predicted octanol–water partition coefficient (Wildman–Crippen LogP) is 1.91. The van der Waals surface area contributed by atoms with E-state index < -0.39 is 5.54 Å². The summed E-state index contributed by atoms with van der Waals surface area (Å²) >= 11 is 0. The third kappa shape index (κ3) is 3.34. The zero-order valence-corrected chi connectivity index (χ0v) is 16.7. The number of amides is 3. The largest absolute Gasteiger partial charge is 0.376 e. The van der Waals surface area contributed by atoms with E-state index in [0.717, 1.165) is 25.3 Å². The second-order valence-corrected chi connectivity index (χ2v) is 8.42. The molecule has 1 unspecified atom stereocenters. The maximum atomic E-state index is 13.5. The van der Waals surface area contributed by atoms with Crippen LogP contribution in [0.2, 0.25) is 0 Å². The molecule has 0 radical (unpaired) electrons. The molecule has 8 nitrogen and oxygen atoms in total. The van der Waals surface area contributed by atoms with Gasteiger partial charge in [0.25, 0.3) is 5.91 Å². The van der Waals surface area contributed by atoms with Crippen molar-refractivity contribution in [2.45, 2.75) is 51.2 Å². The monoisotopic (exact) mass is 387 g/mol. The van der Waals surface area contributed by atoms with E-state index in [2.05, 4.69) is 28.7 Å². The average Bonchev–Trinajstić information content (AvgIpc) is 3.28. The Labute approximate surface area is 165 Å². The van der Waals surface area contributed by atoms with Gasteiger partial charge in [-0.2, -0.15) is 0 Å². The van der Waals surface area contributed by atoms with Gasteiger partial charge in [-0.25, -0.2) is 9.78 Å². The third-order valence-electron chi connectivity index (χ3n) is 6.04. The Balaban J connectivity index is 1.54. The lowest BCUT2D eigenvalue weighted by Gasteiger charge is -2.43. The van der Waals surface area contributed by atoms with Gasteiger partial charge in [-0.3, -0.25) is 14.7 Å². The van der Waals surface area contributed by atoms with Crippen molar-refractivity contribution >= 4 is 17.8 Å². The van der Waals surface area contributed by atoms with Crippen LogP contribution in [0.4, 0.5) is 10.6 Å². The van der Waals surface area contributed by atoms with Crippen molar-refractivity contribution in [2.24, 2.45) is 5.92 Å². The minimum absolute atomic E-state index is 0.0244. The van der Waals surface area contributed by atoms with Crippen LogP contribution in [0, 0.1) is 5.92 Å². The van der Waals surface area contributed by atoms with Crippen LogP contribution in [0.3, 0.4) is 0 Å². The highest BCUT2D eigenvalue weighted by Crippen LogP contribution is 2.39. The summed E-state index contributed by atoms with van der Waals surface area (Å²) in [6.07, 6.45) is 8.19. The Morgan fingerprint density at radius 2 is 2.04 bits per heavy atom. The van der Waals surface area contributed by atoms with Gasteiger partial charge < -0.3 is 14.5 Å². The summed E-state index contributed by atoms with van der Waals surface area (Å²) in [4.78, 5) is 40.6. The fraction of sp³-hybridized carbons (Fsp3) is 0.700. The first-order chi connectivity index (χ1) is 13.5. The van der Waals surface area contributed by atoms with E-state index in [9.17, 15) is 9.59 Å². The van der Waals surface area contributed by atoms with Gasteiger partial charge in [0, 0.05) is 38.6 Å². The molecule has 3 aliphatic heterocycles. The number of imide groups is 1. The standard InChI is InChI=1S/C20H29N5O3/c1-15(2)13-25-19(27)24(14-16-4-3-11-28-16)18(26)20(25)5-9-23(10-6-20)17-12-21-7-8-22-17/h7-8,12,15-16H,3-6,9-11,13-14H2,1-2H3. The van der Waals surface area contributed by atoms with Gasteiger partial charge in [0.15, 0.2) is 0 Å². The highest BCUT2D eigenvalue weighted by Gasteiger charge is 2.58. The molecule has 1 aromatic rings. The van der Waals surface area contributed by atoms with E-state index in [1.807, 2.05) is 4.90 Å². The molecule has 0 aromatic carbocycles.